The molecule has 0 saturated carbocycles. The Bertz CT molecular complexity index is 1120. The minimum Gasteiger partial charge on any atom is -0.454 e. The van der Waals surface area contributed by atoms with Crippen molar-refractivity contribution in [3.05, 3.63) is 76.8 Å². The van der Waals surface area contributed by atoms with Gasteiger partial charge in [0.2, 0.25) is 0 Å². The van der Waals surface area contributed by atoms with Crippen LogP contribution in [0.4, 0.5) is 0 Å². The molecule has 0 fully saturated rings. The van der Waals surface area contributed by atoms with Crippen LogP contribution in [0.1, 0.15) is 24.3 Å². The van der Waals surface area contributed by atoms with Gasteiger partial charge in [-0.3, -0.25) is 0 Å². The topological polar surface area (TPSA) is 66.5 Å². The van der Waals surface area contributed by atoms with E-state index < -0.39 is 6.29 Å². The van der Waals surface area contributed by atoms with Crippen LogP contribution in [0.3, 0.4) is 0 Å². The highest BCUT2D eigenvalue weighted by Gasteiger charge is 2.15. The molecule has 0 radical (unpaired) electrons. The second kappa shape index (κ2) is 7.16. The molecule has 4 nitrogen and oxygen atoms in total. The van der Waals surface area contributed by atoms with Crippen LogP contribution in [0.5, 0.6) is 0 Å². The van der Waals surface area contributed by atoms with Crippen molar-refractivity contribution < 1.29 is 14.6 Å². The van der Waals surface area contributed by atoms with Crippen LogP contribution in [0.15, 0.2) is 65.1 Å². The second-order valence-corrected chi connectivity index (χ2v) is 6.79. The van der Waals surface area contributed by atoms with Gasteiger partial charge in [0.15, 0.2) is 12.1 Å². The Morgan fingerprint density at radius 1 is 1.00 bits per heavy atom. The minimum atomic E-state index is -1.59. The van der Waals surface area contributed by atoms with E-state index in [1.165, 1.54) is 0 Å². The van der Waals surface area contributed by atoms with E-state index in [2.05, 4.69) is 11.9 Å². The van der Waals surface area contributed by atoms with Crippen molar-refractivity contribution in [2.75, 3.05) is 0 Å². The van der Waals surface area contributed by atoms with E-state index in [9.17, 15) is 10.2 Å². The number of hydrogen-bond acceptors (Lipinski definition) is 4. The molecule has 0 spiro atoms. The van der Waals surface area contributed by atoms with Crippen molar-refractivity contribution >= 4 is 22.5 Å². The van der Waals surface area contributed by atoms with Gasteiger partial charge in [-0.25, -0.2) is 4.98 Å². The normalized spacial score (nSPS) is 11.4. The summed E-state index contributed by atoms with van der Waals surface area (Å²) < 4.78 is 5.95. The first kappa shape index (κ1) is 17.7. The lowest BCUT2D eigenvalue weighted by atomic mass is 10.0. The fourth-order valence-corrected chi connectivity index (χ4v) is 3.32. The third-order valence-corrected chi connectivity index (χ3v) is 4.79. The number of rotatable bonds is 4. The zero-order chi connectivity index (χ0) is 19.0. The molecule has 0 amide bonds. The first-order valence-corrected chi connectivity index (χ1v) is 9.09. The van der Waals surface area contributed by atoms with Crippen molar-refractivity contribution in [2.45, 2.75) is 19.6 Å². The van der Waals surface area contributed by atoms with E-state index in [0.29, 0.717) is 33.3 Å². The quantitative estimate of drug-likeness (QED) is 0.468. The molecular formula is C22H18ClNO3. The summed E-state index contributed by atoms with van der Waals surface area (Å²) in [6.45, 7) is 2.05. The Morgan fingerprint density at radius 2 is 1.81 bits per heavy atom. The number of pyridine rings is 1. The van der Waals surface area contributed by atoms with Crippen molar-refractivity contribution in [3.63, 3.8) is 0 Å². The number of furan rings is 1. The zero-order valence-corrected chi connectivity index (χ0v) is 15.4. The Kier molecular flexibility index (Phi) is 4.70. The molecule has 2 aromatic heterocycles. The van der Waals surface area contributed by atoms with E-state index in [0.717, 1.165) is 22.9 Å². The minimum absolute atomic E-state index is 0.408. The average Bonchev–Trinajstić information content (AvgIpc) is 3.17. The van der Waals surface area contributed by atoms with E-state index >= 15 is 0 Å². The smallest absolute Gasteiger partial charge is 0.179 e. The number of aliphatic hydroxyl groups excluding tert-OH is 1. The molecule has 2 N–H and O–H groups in total. The summed E-state index contributed by atoms with van der Waals surface area (Å²) in [6, 6.07) is 18.6. The number of aryl methyl sites for hydroxylation is 1. The predicted octanol–water partition coefficient (Wildman–Crippen LogP) is 5.36. The summed E-state index contributed by atoms with van der Waals surface area (Å²) in [6.07, 6.45) is -0.733. The van der Waals surface area contributed by atoms with Crippen molar-refractivity contribution in [1.29, 1.82) is 0 Å². The molecule has 2 heterocycles. The Morgan fingerprint density at radius 3 is 2.56 bits per heavy atom. The molecule has 0 atom stereocenters. The molecule has 27 heavy (non-hydrogen) atoms. The summed E-state index contributed by atoms with van der Waals surface area (Å²) in [4.78, 5) is 4.65. The number of fused-ring (bicyclic) bond motifs is 1. The number of aliphatic hydroxyl groups is 2. The molecule has 0 bridgehead atoms. The molecule has 2 aromatic carbocycles. The largest absolute Gasteiger partial charge is 0.454 e. The highest BCUT2D eigenvalue weighted by atomic mass is 35.5. The van der Waals surface area contributed by atoms with Crippen LogP contribution in [0, 0.1) is 0 Å². The summed E-state index contributed by atoms with van der Waals surface area (Å²) in [5.41, 5.74) is 3.62. The molecule has 0 unspecified atom stereocenters. The molecule has 136 valence electrons. The van der Waals surface area contributed by atoms with E-state index in [4.69, 9.17) is 16.0 Å². The molecular weight excluding hydrogens is 362 g/mol. The highest BCUT2D eigenvalue weighted by Crippen LogP contribution is 2.32. The molecule has 0 aliphatic carbocycles. The Labute approximate surface area is 161 Å². The summed E-state index contributed by atoms with van der Waals surface area (Å²) >= 11 is 6.05. The van der Waals surface area contributed by atoms with Gasteiger partial charge in [-0.1, -0.05) is 36.7 Å². The van der Waals surface area contributed by atoms with E-state index in [1.807, 2.05) is 48.5 Å². The molecule has 0 aliphatic rings. The molecule has 4 rings (SSSR count). The fraction of sp³-hybridized carbons (Fsp3) is 0.136. The van der Waals surface area contributed by atoms with E-state index in [1.54, 1.807) is 12.1 Å². The van der Waals surface area contributed by atoms with Gasteiger partial charge in [-0.15, -0.1) is 0 Å². The van der Waals surface area contributed by atoms with Crippen molar-refractivity contribution in [2.24, 2.45) is 0 Å². The van der Waals surface area contributed by atoms with Crippen LogP contribution < -0.4 is 0 Å². The summed E-state index contributed by atoms with van der Waals surface area (Å²) in [5, 5.41) is 21.1. The summed E-state index contributed by atoms with van der Waals surface area (Å²) in [7, 11) is 0. The lowest BCUT2D eigenvalue weighted by Gasteiger charge is -2.11. The van der Waals surface area contributed by atoms with Gasteiger partial charge >= 0.3 is 0 Å². The maximum Gasteiger partial charge on any atom is 0.179 e. The first-order valence-electron chi connectivity index (χ1n) is 8.71. The third-order valence-electron chi connectivity index (χ3n) is 4.56. The van der Waals surface area contributed by atoms with Crippen LogP contribution in [0.25, 0.3) is 33.7 Å². The zero-order valence-electron chi connectivity index (χ0n) is 14.7. The molecule has 5 heteroatoms. The standard InChI is InChI=1S/C22H18ClNO3/c1-2-13-6-7-18-16(10-13)17(22(25)26)12-19(24-18)21-9-8-20(27-21)14-4-3-5-15(23)11-14/h3-12,22,25-26H,2H2,1H3. The fourth-order valence-electron chi connectivity index (χ4n) is 3.13. The second-order valence-electron chi connectivity index (χ2n) is 6.35. The van der Waals surface area contributed by atoms with Crippen LogP contribution in [0.2, 0.25) is 5.02 Å². The number of hydrogen-bond donors (Lipinski definition) is 2. The van der Waals surface area contributed by atoms with E-state index in [-0.39, 0.29) is 0 Å². The lowest BCUT2D eigenvalue weighted by Crippen LogP contribution is -1.99. The van der Waals surface area contributed by atoms with Gasteiger partial charge in [0, 0.05) is 21.5 Å². The van der Waals surface area contributed by atoms with Crippen molar-refractivity contribution in [1.82, 2.24) is 4.98 Å². The predicted molar refractivity (Wildman–Crippen MR) is 106 cm³/mol. The lowest BCUT2D eigenvalue weighted by molar-refractivity contribution is -0.0413. The van der Waals surface area contributed by atoms with Gasteiger partial charge in [-0.05, 0) is 54.4 Å². The summed E-state index contributed by atoms with van der Waals surface area (Å²) in [5.74, 6) is 1.22. The maximum absolute atomic E-state index is 9.85. The van der Waals surface area contributed by atoms with Gasteiger partial charge in [0.05, 0.1) is 5.52 Å². The SMILES string of the molecule is CCc1ccc2nc(-c3ccc(-c4cccc(Cl)c4)o3)cc(C(O)O)c2c1. The highest BCUT2D eigenvalue weighted by molar-refractivity contribution is 6.30. The Hall–Kier alpha value is -2.66. The molecule has 4 aromatic rings. The number of halogens is 1. The van der Waals surface area contributed by atoms with Gasteiger partial charge in [-0.2, -0.15) is 0 Å². The Balaban J connectivity index is 1.82. The molecule has 0 saturated heterocycles. The average molecular weight is 380 g/mol. The van der Waals surface area contributed by atoms with Crippen LogP contribution in [-0.4, -0.2) is 15.2 Å². The number of nitrogens with zero attached hydrogens (tertiary/aromatic N) is 1. The molecule has 0 aliphatic heterocycles. The first-order chi connectivity index (χ1) is 13.0. The third kappa shape index (κ3) is 3.47. The van der Waals surface area contributed by atoms with Crippen LogP contribution in [-0.2, 0) is 6.42 Å². The van der Waals surface area contributed by atoms with Gasteiger partial charge in [0.1, 0.15) is 11.5 Å². The maximum atomic E-state index is 9.85. The van der Waals surface area contributed by atoms with Gasteiger partial charge in [0.25, 0.3) is 0 Å². The number of aromatic nitrogens is 1. The van der Waals surface area contributed by atoms with Crippen molar-refractivity contribution in [3.8, 4) is 22.8 Å². The van der Waals surface area contributed by atoms with Crippen LogP contribution >= 0.6 is 11.6 Å². The van der Waals surface area contributed by atoms with Gasteiger partial charge < -0.3 is 14.6 Å². The monoisotopic (exact) mass is 379 g/mol. The number of benzene rings is 2.